The third-order valence-electron chi connectivity index (χ3n) is 4.39. The number of aliphatic hydroxyl groups is 1. The van der Waals surface area contributed by atoms with Gasteiger partial charge in [0, 0.05) is 29.8 Å². The second-order valence-corrected chi connectivity index (χ2v) is 6.95. The SMILES string of the molecule is C=C/C=C(O)\C=C(/C)CN1N=CC2CC(C1=O)N(C)C(C)=C2SC. The maximum absolute atomic E-state index is 12.9. The van der Waals surface area contributed by atoms with Crippen molar-refractivity contribution in [2.75, 3.05) is 19.8 Å². The van der Waals surface area contributed by atoms with Crippen LogP contribution >= 0.6 is 11.8 Å². The summed E-state index contributed by atoms with van der Waals surface area (Å²) >= 11 is 1.72. The lowest BCUT2D eigenvalue weighted by Gasteiger charge is -2.37. The number of nitrogens with zero attached hydrogens (tertiary/aromatic N) is 3. The van der Waals surface area contributed by atoms with E-state index >= 15 is 0 Å². The second-order valence-electron chi connectivity index (χ2n) is 6.10. The zero-order chi connectivity index (χ0) is 17.9. The van der Waals surface area contributed by atoms with E-state index in [0.717, 1.165) is 17.7 Å². The summed E-state index contributed by atoms with van der Waals surface area (Å²) in [6, 6.07) is -0.196. The summed E-state index contributed by atoms with van der Waals surface area (Å²) < 4.78 is 0. The molecule has 2 rings (SSSR count). The fraction of sp³-hybridized carbons (Fsp3) is 0.444. The molecule has 2 atom stereocenters. The molecule has 1 amide bonds. The van der Waals surface area contributed by atoms with Crippen LogP contribution < -0.4 is 0 Å². The molecule has 1 N–H and O–H groups in total. The highest BCUT2D eigenvalue weighted by Gasteiger charge is 2.38. The molecular formula is C18H25N3O2S. The minimum Gasteiger partial charge on any atom is -0.508 e. The molecule has 2 heterocycles. The minimum atomic E-state index is -0.196. The number of hydrazone groups is 1. The van der Waals surface area contributed by atoms with Crippen LogP contribution in [-0.4, -0.2) is 53.0 Å². The van der Waals surface area contributed by atoms with Gasteiger partial charge in [-0.2, -0.15) is 5.10 Å². The number of likely N-dealkylation sites (N-methyl/N-ethyl adjacent to an activating group) is 1. The standard InChI is InChI=1S/C18H25N3O2S/c1-6-7-15(22)8-12(2)11-21-18(23)16-9-14(10-19-21)17(24-5)13(3)20(16)4/h6-8,10,14,16,22H,1,9,11H2,2-5H3/b12-8+,15-7+. The Morgan fingerprint density at radius 2 is 2.29 bits per heavy atom. The van der Waals surface area contributed by atoms with Crippen molar-refractivity contribution in [1.29, 1.82) is 0 Å². The van der Waals surface area contributed by atoms with Crippen molar-refractivity contribution in [2.45, 2.75) is 26.3 Å². The maximum Gasteiger partial charge on any atom is 0.265 e. The van der Waals surface area contributed by atoms with Gasteiger partial charge in [-0.1, -0.05) is 12.7 Å². The summed E-state index contributed by atoms with van der Waals surface area (Å²) in [5.41, 5.74) is 1.99. The number of allylic oxidation sites excluding steroid dienone is 5. The number of thioether (sulfide) groups is 1. The fourth-order valence-corrected chi connectivity index (χ4v) is 3.99. The Balaban J connectivity index is 2.24. The highest BCUT2D eigenvalue weighted by atomic mass is 32.2. The molecule has 0 fully saturated rings. The lowest BCUT2D eigenvalue weighted by molar-refractivity contribution is -0.135. The van der Waals surface area contributed by atoms with E-state index in [4.69, 9.17) is 0 Å². The summed E-state index contributed by atoms with van der Waals surface area (Å²) in [4.78, 5) is 16.2. The van der Waals surface area contributed by atoms with Crippen molar-refractivity contribution < 1.29 is 9.90 Å². The first-order valence-corrected chi connectivity index (χ1v) is 9.13. The average Bonchev–Trinajstić information content (AvgIpc) is 2.66. The summed E-state index contributed by atoms with van der Waals surface area (Å²) in [5.74, 6) is 0.302. The van der Waals surface area contributed by atoms with Crippen LogP contribution in [0, 0.1) is 5.92 Å². The Labute approximate surface area is 148 Å². The number of rotatable bonds is 5. The molecule has 0 saturated carbocycles. The number of hydrogen-bond acceptors (Lipinski definition) is 5. The van der Waals surface area contributed by atoms with Gasteiger partial charge in [0.25, 0.3) is 5.91 Å². The maximum atomic E-state index is 12.9. The number of amides is 1. The van der Waals surface area contributed by atoms with E-state index in [1.165, 1.54) is 22.1 Å². The molecule has 0 radical (unpaired) electrons. The van der Waals surface area contributed by atoms with Crippen molar-refractivity contribution in [3.8, 4) is 0 Å². The Bertz CT molecular complexity index is 649. The van der Waals surface area contributed by atoms with Crippen LogP contribution in [0.4, 0.5) is 0 Å². The third kappa shape index (κ3) is 3.75. The second kappa shape index (κ2) is 7.75. The Hall–Kier alpha value is -1.95. The predicted octanol–water partition coefficient (Wildman–Crippen LogP) is 3.30. The fourth-order valence-electron chi connectivity index (χ4n) is 3.09. The Kier molecular flexibility index (Phi) is 5.94. The Morgan fingerprint density at radius 3 is 2.92 bits per heavy atom. The van der Waals surface area contributed by atoms with Crippen LogP contribution in [0.3, 0.4) is 0 Å². The average molecular weight is 347 g/mol. The molecular weight excluding hydrogens is 322 g/mol. The molecule has 5 nitrogen and oxygen atoms in total. The van der Waals surface area contributed by atoms with Gasteiger partial charge < -0.3 is 10.0 Å². The zero-order valence-electron chi connectivity index (χ0n) is 14.7. The van der Waals surface area contributed by atoms with Crippen molar-refractivity contribution in [3.05, 3.63) is 46.7 Å². The van der Waals surface area contributed by atoms with Gasteiger partial charge >= 0.3 is 0 Å². The van der Waals surface area contributed by atoms with E-state index in [0.29, 0.717) is 6.54 Å². The van der Waals surface area contributed by atoms with Crippen LogP contribution in [0.1, 0.15) is 20.3 Å². The smallest absolute Gasteiger partial charge is 0.265 e. The lowest BCUT2D eigenvalue weighted by Crippen LogP contribution is -2.47. The highest BCUT2D eigenvalue weighted by molar-refractivity contribution is 8.02. The van der Waals surface area contributed by atoms with E-state index in [2.05, 4.69) is 29.8 Å². The number of hydrogen-bond donors (Lipinski definition) is 1. The number of carbonyl (C=O) groups excluding carboxylic acids is 1. The first-order chi connectivity index (χ1) is 11.4. The molecule has 0 aromatic carbocycles. The van der Waals surface area contributed by atoms with Gasteiger partial charge in [-0.05, 0) is 44.2 Å². The van der Waals surface area contributed by atoms with Crippen LogP contribution in [0.25, 0.3) is 0 Å². The summed E-state index contributed by atoms with van der Waals surface area (Å²) in [6.07, 6.45) is 9.36. The molecule has 0 saturated heterocycles. The van der Waals surface area contributed by atoms with Gasteiger partial charge in [-0.15, -0.1) is 11.8 Å². The molecule has 2 aliphatic heterocycles. The third-order valence-corrected chi connectivity index (χ3v) is 5.43. The largest absolute Gasteiger partial charge is 0.508 e. The van der Waals surface area contributed by atoms with Gasteiger partial charge in [0.1, 0.15) is 11.8 Å². The molecule has 0 aromatic rings. The van der Waals surface area contributed by atoms with Gasteiger partial charge in [-0.25, -0.2) is 5.01 Å². The van der Waals surface area contributed by atoms with E-state index < -0.39 is 0 Å². The number of carbonyl (C=O) groups is 1. The van der Waals surface area contributed by atoms with Crippen molar-refractivity contribution >= 4 is 23.9 Å². The molecule has 24 heavy (non-hydrogen) atoms. The molecule has 0 spiro atoms. The normalized spacial score (nSPS) is 25.2. The predicted molar refractivity (Wildman–Crippen MR) is 101 cm³/mol. The number of fused-ring (bicyclic) bond motifs is 2. The monoisotopic (exact) mass is 347 g/mol. The van der Waals surface area contributed by atoms with Gasteiger partial charge in [0.2, 0.25) is 0 Å². The van der Waals surface area contributed by atoms with Gasteiger partial charge in [-0.3, -0.25) is 4.79 Å². The molecule has 6 heteroatoms. The van der Waals surface area contributed by atoms with E-state index in [1.807, 2.05) is 20.2 Å². The van der Waals surface area contributed by atoms with Crippen LogP contribution in [0.2, 0.25) is 0 Å². The molecule has 2 aliphatic rings. The quantitative estimate of drug-likeness (QED) is 0.612. The first kappa shape index (κ1) is 18.4. The van der Waals surface area contributed by atoms with E-state index in [1.54, 1.807) is 17.8 Å². The van der Waals surface area contributed by atoms with Crippen molar-refractivity contribution in [1.82, 2.24) is 9.91 Å². The van der Waals surface area contributed by atoms with Crippen LogP contribution in [0.15, 0.2) is 51.8 Å². The summed E-state index contributed by atoms with van der Waals surface area (Å²) in [7, 11) is 1.97. The van der Waals surface area contributed by atoms with Gasteiger partial charge in [0.05, 0.1) is 6.54 Å². The van der Waals surface area contributed by atoms with Crippen molar-refractivity contribution in [2.24, 2.45) is 11.0 Å². The first-order valence-electron chi connectivity index (χ1n) is 7.91. The molecule has 2 bridgehead atoms. The van der Waals surface area contributed by atoms with Crippen LogP contribution in [-0.2, 0) is 4.79 Å². The van der Waals surface area contributed by atoms with E-state index in [9.17, 15) is 9.90 Å². The van der Waals surface area contributed by atoms with Crippen molar-refractivity contribution in [3.63, 3.8) is 0 Å². The number of aliphatic hydroxyl groups excluding tert-OH is 1. The topological polar surface area (TPSA) is 56.1 Å². The highest BCUT2D eigenvalue weighted by Crippen LogP contribution is 2.37. The lowest BCUT2D eigenvalue weighted by atomic mass is 9.93. The molecule has 0 aliphatic carbocycles. The molecule has 130 valence electrons. The van der Waals surface area contributed by atoms with Crippen LogP contribution in [0.5, 0.6) is 0 Å². The minimum absolute atomic E-state index is 0.00399. The summed E-state index contributed by atoms with van der Waals surface area (Å²) in [6.45, 7) is 7.83. The Morgan fingerprint density at radius 1 is 1.58 bits per heavy atom. The van der Waals surface area contributed by atoms with Gasteiger partial charge in [0.15, 0.2) is 0 Å². The molecule has 2 unspecified atom stereocenters. The van der Waals surface area contributed by atoms with E-state index in [-0.39, 0.29) is 23.6 Å². The summed E-state index contributed by atoms with van der Waals surface area (Å²) in [5, 5.41) is 15.7. The zero-order valence-corrected chi connectivity index (χ0v) is 15.5. The molecule has 0 aromatic heterocycles.